The van der Waals surface area contributed by atoms with Crippen LogP contribution in [0.15, 0.2) is 12.7 Å². The monoisotopic (exact) mass is 236 g/mol. The summed E-state index contributed by atoms with van der Waals surface area (Å²) in [6.45, 7) is 11.9. The zero-order valence-corrected chi connectivity index (χ0v) is 10.9. The van der Waals surface area contributed by atoms with Crippen molar-refractivity contribution in [1.82, 2.24) is 15.1 Å². The van der Waals surface area contributed by atoms with Gasteiger partial charge in [0.15, 0.2) is 5.82 Å². The fourth-order valence-corrected chi connectivity index (χ4v) is 1.64. The van der Waals surface area contributed by atoms with Crippen molar-refractivity contribution in [2.75, 3.05) is 12.3 Å². The lowest BCUT2D eigenvalue weighted by Crippen LogP contribution is -2.46. The number of aromatic amines is 1. The molecule has 0 saturated carbocycles. The zero-order chi connectivity index (χ0) is 13.2. The quantitative estimate of drug-likeness (QED) is 0.785. The zero-order valence-electron chi connectivity index (χ0n) is 10.9. The number of aryl methyl sites for hydroxylation is 1. The molecule has 1 aromatic heterocycles. The Kier molecular flexibility index (Phi) is 3.60. The molecule has 0 aliphatic heterocycles. The summed E-state index contributed by atoms with van der Waals surface area (Å²) in [7, 11) is 0. The number of rotatable bonds is 3. The highest BCUT2D eigenvalue weighted by molar-refractivity contribution is 5.99. The van der Waals surface area contributed by atoms with Crippen molar-refractivity contribution in [3.63, 3.8) is 0 Å². The van der Waals surface area contributed by atoms with E-state index in [2.05, 4.69) is 16.8 Å². The molecule has 0 atom stereocenters. The van der Waals surface area contributed by atoms with E-state index in [1.807, 2.05) is 20.8 Å². The molecule has 0 fully saturated rings. The third-order valence-electron chi connectivity index (χ3n) is 2.56. The second kappa shape index (κ2) is 4.61. The Bertz CT molecular complexity index is 409. The number of hydrogen-bond acceptors (Lipinski definition) is 3. The number of hydrogen-bond donors (Lipinski definition) is 2. The average Bonchev–Trinajstić information content (AvgIpc) is 2.52. The number of anilines is 1. The molecular weight excluding hydrogens is 216 g/mol. The third-order valence-corrected chi connectivity index (χ3v) is 2.56. The largest absolute Gasteiger partial charge is 0.382 e. The summed E-state index contributed by atoms with van der Waals surface area (Å²) in [5.41, 5.74) is 6.55. The minimum absolute atomic E-state index is 0.124. The molecule has 1 aromatic rings. The van der Waals surface area contributed by atoms with Gasteiger partial charge in [0, 0.05) is 17.8 Å². The molecule has 0 saturated heterocycles. The van der Waals surface area contributed by atoms with Crippen molar-refractivity contribution in [2.24, 2.45) is 0 Å². The van der Waals surface area contributed by atoms with Crippen LogP contribution in [-0.2, 0) is 0 Å². The highest BCUT2D eigenvalue weighted by atomic mass is 16.2. The molecule has 0 unspecified atom stereocenters. The van der Waals surface area contributed by atoms with Gasteiger partial charge in [-0.2, -0.15) is 5.10 Å². The summed E-state index contributed by atoms with van der Waals surface area (Å²) in [4.78, 5) is 14.1. The van der Waals surface area contributed by atoms with Crippen LogP contribution in [0.3, 0.4) is 0 Å². The number of nitrogens with zero attached hydrogens (tertiary/aromatic N) is 2. The Morgan fingerprint density at radius 2 is 2.18 bits per heavy atom. The Morgan fingerprint density at radius 3 is 2.53 bits per heavy atom. The van der Waals surface area contributed by atoms with Gasteiger partial charge < -0.3 is 10.6 Å². The van der Waals surface area contributed by atoms with Crippen LogP contribution in [0.1, 0.15) is 36.8 Å². The molecule has 5 heteroatoms. The lowest BCUT2D eigenvalue weighted by atomic mass is 10.0. The van der Waals surface area contributed by atoms with E-state index in [9.17, 15) is 4.79 Å². The lowest BCUT2D eigenvalue weighted by molar-refractivity contribution is 0.0617. The number of H-pyrrole nitrogens is 1. The number of carbonyl (C=O) groups excluding carboxylic acids is 1. The van der Waals surface area contributed by atoms with E-state index in [0.29, 0.717) is 17.8 Å². The first-order chi connectivity index (χ1) is 7.79. The first-order valence-electron chi connectivity index (χ1n) is 5.52. The molecule has 3 N–H and O–H groups in total. The van der Waals surface area contributed by atoms with Gasteiger partial charge in [0.05, 0.1) is 0 Å². The maximum absolute atomic E-state index is 12.4. The van der Waals surface area contributed by atoms with Crippen molar-refractivity contribution in [3.8, 4) is 0 Å². The Labute approximate surface area is 102 Å². The second-order valence-electron chi connectivity index (χ2n) is 4.98. The number of amides is 1. The van der Waals surface area contributed by atoms with Crippen LogP contribution in [0.4, 0.5) is 5.82 Å². The molecule has 94 valence electrons. The Balaban J connectivity index is 3.13. The van der Waals surface area contributed by atoms with E-state index in [-0.39, 0.29) is 17.3 Å². The fraction of sp³-hybridized carbons (Fsp3) is 0.500. The minimum Gasteiger partial charge on any atom is -0.382 e. The molecular formula is C12H20N4O. The Morgan fingerprint density at radius 1 is 1.59 bits per heavy atom. The van der Waals surface area contributed by atoms with Crippen molar-refractivity contribution >= 4 is 11.7 Å². The van der Waals surface area contributed by atoms with Crippen molar-refractivity contribution in [2.45, 2.75) is 33.2 Å². The normalized spacial score (nSPS) is 11.3. The van der Waals surface area contributed by atoms with E-state index >= 15 is 0 Å². The minimum atomic E-state index is -0.290. The van der Waals surface area contributed by atoms with Crippen LogP contribution in [0.25, 0.3) is 0 Å². The smallest absolute Gasteiger partial charge is 0.260 e. The molecule has 1 rings (SSSR count). The molecule has 0 radical (unpaired) electrons. The number of aromatic nitrogens is 2. The molecule has 0 aliphatic carbocycles. The van der Waals surface area contributed by atoms with Gasteiger partial charge in [0.25, 0.3) is 5.91 Å². The highest BCUT2D eigenvalue weighted by Gasteiger charge is 2.29. The summed E-state index contributed by atoms with van der Waals surface area (Å²) in [5.74, 6) is 0.118. The average molecular weight is 236 g/mol. The summed E-state index contributed by atoms with van der Waals surface area (Å²) in [6.07, 6.45) is 1.70. The van der Waals surface area contributed by atoms with Crippen LogP contribution in [0.5, 0.6) is 0 Å². The maximum Gasteiger partial charge on any atom is 0.260 e. The number of nitrogen functional groups attached to an aromatic ring is 1. The molecule has 5 nitrogen and oxygen atoms in total. The molecule has 0 spiro atoms. The summed E-state index contributed by atoms with van der Waals surface area (Å²) < 4.78 is 0. The molecule has 17 heavy (non-hydrogen) atoms. The summed E-state index contributed by atoms with van der Waals surface area (Å²) >= 11 is 0. The lowest BCUT2D eigenvalue weighted by Gasteiger charge is -2.35. The SMILES string of the molecule is C=CCN(C(=O)c1c(N)n[nH]c1C)C(C)(C)C. The maximum atomic E-state index is 12.4. The Hall–Kier alpha value is -1.78. The molecule has 0 aromatic carbocycles. The molecule has 1 amide bonds. The van der Waals surface area contributed by atoms with E-state index in [1.165, 1.54) is 0 Å². The number of carbonyl (C=O) groups is 1. The van der Waals surface area contributed by atoms with Crippen LogP contribution >= 0.6 is 0 Å². The van der Waals surface area contributed by atoms with Crippen LogP contribution in [0.2, 0.25) is 0 Å². The highest BCUT2D eigenvalue weighted by Crippen LogP contribution is 2.21. The van der Waals surface area contributed by atoms with Crippen molar-refractivity contribution in [1.29, 1.82) is 0 Å². The van der Waals surface area contributed by atoms with Gasteiger partial charge in [-0.15, -0.1) is 6.58 Å². The first kappa shape index (κ1) is 13.3. The standard InChI is InChI=1S/C12H20N4O/c1-6-7-16(12(3,4)5)11(17)9-8(2)14-15-10(9)13/h6H,1,7H2,2-5H3,(H3,13,14,15). The third kappa shape index (κ3) is 2.67. The predicted molar refractivity (Wildman–Crippen MR) is 68.7 cm³/mol. The second-order valence-corrected chi connectivity index (χ2v) is 4.98. The van der Waals surface area contributed by atoms with E-state index < -0.39 is 0 Å². The van der Waals surface area contributed by atoms with Gasteiger partial charge >= 0.3 is 0 Å². The predicted octanol–water partition coefficient (Wildman–Crippen LogP) is 1.73. The molecule has 1 heterocycles. The van der Waals surface area contributed by atoms with Crippen LogP contribution in [-0.4, -0.2) is 33.1 Å². The summed E-state index contributed by atoms with van der Waals surface area (Å²) in [6, 6.07) is 0. The fourth-order valence-electron chi connectivity index (χ4n) is 1.64. The van der Waals surface area contributed by atoms with E-state index in [0.717, 1.165) is 0 Å². The van der Waals surface area contributed by atoms with Gasteiger partial charge in [0.2, 0.25) is 0 Å². The van der Waals surface area contributed by atoms with Gasteiger partial charge in [-0.25, -0.2) is 0 Å². The van der Waals surface area contributed by atoms with Crippen LogP contribution < -0.4 is 5.73 Å². The molecule has 0 bridgehead atoms. The summed E-state index contributed by atoms with van der Waals surface area (Å²) in [5, 5.41) is 6.56. The first-order valence-corrected chi connectivity index (χ1v) is 5.52. The van der Waals surface area contributed by atoms with Gasteiger partial charge in [0.1, 0.15) is 5.56 Å². The van der Waals surface area contributed by atoms with Gasteiger partial charge in [-0.1, -0.05) is 6.08 Å². The van der Waals surface area contributed by atoms with E-state index in [1.54, 1.807) is 17.9 Å². The molecule has 0 aliphatic rings. The number of nitrogens with one attached hydrogen (secondary N) is 1. The van der Waals surface area contributed by atoms with Gasteiger partial charge in [-0.05, 0) is 27.7 Å². The van der Waals surface area contributed by atoms with Crippen LogP contribution in [0, 0.1) is 6.92 Å². The topological polar surface area (TPSA) is 75.0 Å². The number of nitrogens with two attached hydrogens (primary N) is 1. The van der Waals surface area contributed by atoms with Crippen molar-refractivity contribution in [3.05, 3.63) is 23.9 Å². The van der Waals surface area contributed by atoms with Crippen molar-refractivity contribution < 1.29 is 4.79 Å². The van der Waals surface area contributed by atoms with Gasteiger partial charge in [-0.3, -0.25) is 9.89 Å². The van der Waals surface area contributed by atoms with E-state index in [4.69, 9.17) is 5.73 Å².